The Morgan fingerprint density at radius 3 is 1.21 bits per heavy atom. The topological polar surface area (TPSA) is 310 Å². The van der Waals surface area contributed by atoms with E-state index in [4.69, 9.17) is 29.5 Å². The maximum atomic E-state index is 13.8. The minimum absolute atomic E-state index is 0.0203. The molecule has 6 fully saturated rings. The lowest BCUT2D eigenvalue weighted by Crippen LogP contribution is -2.43. The van der Waals surface area contributed by atoms with Crippen LogP contribution in [-0.4, -0.2) is 99.0 Å². The number of benzene rings is 4. The van der Waals surface area contributed by atoms with Crippen LogP contribution in [-0.2, 0) is 5.92 Å². The van der Waals surface area contributed by atoms with Gasteiger partial charge in [-0.05, 0) is 197 Å². The van der Waals surface area contributed by atoms with Crippen LogP contribution in [0.4, 0.5) is 34.6 Å². The Balaban J connectivity index is 0.000000135. The molecule has 0 spiro atoms. The Bertz CT molecular complexity index is 4950. The first-order chi connectivity index (χ1) is 51.1. The maximum absolute atomic E-state index is 13.8. The predicted octanol–water partition coefficient (Wildman–Crippen LogP) is 13.9. The van der Waals surface area contributed by atoms with E-state index in [0.717, 1.165) is 129 Å². The molecule has 107 heavy (non-hydrogen) atoms. The fourth-order valence-electron chi connectivity index (χ4n) is 14.1. The Morgan fingerprint density at radius 2 is 0.841 bits per heavy atom. The minimum atomic E-state index is -3.39. The molecule has 6 aliphatic rings. The molecule has 0 unspecified atom stereocenters. The van der Waals surface area contributed by atoms with Crippen molar-refractivity contribution in [3.63, 3.8) is 0 Å². The second kappa shape index (κ2) is 29.9. The van der Waals surface area contributed by atoms with Gasteiger partial charge in [0.1, 0.15) is 17.2 Å². The van der Waals surface area contributed by atoms with E-state index in [1.54, 1.807) is 48.5 Å². The lowest BCUT2D eigenvalue weighted by molar-refractivity contribution is -0.626. The first-order valence-corrected chi connectivity index (χ1v) is 36.9. The summed E-state index contributed by atoms with van der Waals surface area (Å²) >= 11 is 0. The maximum Gasteiger partial charge on any atom is 0.328 e. The fourth-order valence-corrected chi connectivity index (χ4v) is 14.1. The van der Waals surface area contributed by atoms with Crippen LogP contribution in [0.5, 0.6) is 17.2 Å². The molecular formula is C79H88F4N12O12. The molecule has 0 atom stereocenters. The summed E-state index contributed by atoms with van der Waals surface area (Å²) < 4.78 is 78.3. The van der Waals surface area contributed by atoms with Gasteiger partial charge in [-0.15, -0.1) is 0 Å². The third-order valence-corrected chi connectivity index (χ3v) is 21.4. The van der Waals surface area contributed by atoms with Crippen LogP contribution < -0.4 is 44.4 Å². The van der Waals surface area contributed by atoms with Crippen molar-refractivity contribution in [1.82, 2.24) is 29.3 Å². The largest absolute Gasteiger partial charge is 0.618 e. The van der Waals surface area contributed by atoms with E-state index in [2.05, 4.69) is 16.0 Å². The molecule has 10 aromatic rings. The summed E-state index contributed by atoms with van der Waals surface area (Å²) in [5.74, 6) is -2.65. The van der Waals surface area contributed by atoms with Crippen molar-refractivity contribution in [1.29, 1.82) is 0 Å². The number of nitrogens with one attached hydrogen (secondary N) is 3. The minimum Gasteiger partial charge on any atom is -0.618 e. The molecular weight excluding hydrogens is 1380 g/mol. The summed E-state index contributed by atoms with van der Waals surface area (Å²) in [5, 5.41) is 94.2. The molecule has 0 radical (unpaired) electrons. The molecule has 6 heterocycles. The van der Waals surface area contributed by atoms with Gasteiger partial charge in [0.25, 0.3) is 28.5 Å². The molecule has 3 amide bonds. The van der Waals surface area contributed by atoms with Gasteiger partial charge in [0.05, 0.1) is 88.4 Å². The molecule has 24 nitrogen and oxygen atoms in total. The van der Waals surface area contributed by atoms with E-state index < -0.39 is 69.6 Å². The van der Waals surface area contributed by atoms with Crippen LogP contribution in [0.15, 0.2) is 128 Å². The molecule has 4 aromatic carbocycles. The molecule has 564 valence electrons. The number of halogens is 4. The van der Waals surface area contributed by atoms with Crippen LogP contribution >= 0.6 is 0 Å². The van der Waals surface area contributed by atoms with E-state index in [-0.39, 0.29) is 33.3 Å². The molecule has 6 saturated carbocycles. The lowest BCUT2D eigenvalue weighted by atomic mass is 9.84. The normalized spacial score (nSPS) is 22.4. The summed E-state index contributed by atoms with van der Waals surface area (Å²) in [5.41, 5.74) is -0.504. The number of fused-ring (bicyclic) bond motifs is 4. The Morgan fingerprint density at radius 1 is 0.486 bits per heavy atom. The number of rotatable bonds is 20. The second-order valence-corrected chi connectivity index (χ2v) is 30.8. The highest BCUT2D eigenvalue weighted by atomic mass is 19.3. The van der Waals surface area contributed by atoms with Gasteiger partial charge >= 0.3 is 30.1 Å². The zero-order valence-electron chi connectivity index (χ0n) is 60.1. The number of alkyl halides is 4. The second-order valence-electron chi connectivity index (χ2n) is 30.8. The number of hydrogen-bond donors (Lipinski definition) is 6. The van der Waals surface area contributed by atoms with Crippen molar-refractivity contribution in [2.24, 2.45) is 17.8 Å². The summed E-state index contributed by atoms with van der Waals surface area (Å²) in [6.07, 6.45) is 18.6. The van der Waals surface area contributed by atoms with E-state index in [1.165, 1.54) is 24.3 Å². The quantitative estimate of drug-likeness (QED) is 0.0235. The van der Waals surface area contributed by atoms with Crippen LogP contribution in [0.1, 0.15) is 211 Å². The van der Waals surface area contributed by atoms with Crippen LogP contribution in [0, 0.1) is 33.4 Å². The van der Waals surface area contributed by atoms with Crippen molar-refractivity contribution in [2.45, 2.75) is 191 Å². The van der Waals surface area contributed by atoms with Gasteiger partial charge in [0, 0.05) is 102 Å². The third kappa shape index (κ3) is 17.5. The number of para-hydroxylation sites is 1. The van der Waals surface area contributed by atoms with Crippen molar-refractivity contribution in [3.05, 3.63) is 172 Å². The predicted molar refractivity (Wildman–Crippen MR) is 390 cm³/mol. The van der Waals surface area contributed by atoms with E-state index in [0.29, 0.717) is 126 Å². The monoisotopic (exact) mass is 1470 g/mol. The molecule has 28 heteroatoms. The highest BCUT2D eigenvalue weighted by Gasteiger charge is 2.38. The van der Waals surface area contributed by atoms with Crippen molar-refractivity contribution in [2.75, 3.05) is 35.8 Å². The average Bonchev–Trinajstić information content (AvgIpc) is 1.72. The number of carbonyl (C=O) groups excluding carboxylic acids is 3. The van der Waals surface area contributed by atoms with Gasteiger partial charge in [0.15, 0.2) is 0 Å². The number of aromatic nitrogens is 9. The van der Waals surface area contributed by atoms with E-state index in [9.17, 15) is 62.9 Å². The third-order valence-electron chi connectivity index (χ3n) is 21.4. The molecule has 0 bridgehead atoms. The molecule has 0 saturated heterocycles. The molecule has 6 aliphatic carbocycles. The molecule has 6 N–H and O–H groups in total. The van der Waals surface area contributed by atoms with Crippen LogP contribution in [0.3, 0.4) is 0 Å². The van der Waals surface area contributed by atoms with E-state index in [1.807, 2.05) is 77.7 Å². The van der Waals surface area contributed by atoms with E-state index >= 15 is 0 Å². The summed E-state index contributed by atoms with van der Waals surface area (Å²) in [6.45, 7) is 7.78. The van der Waals surface area contributed by atoms with Gasteiger partial charge < -0.3 is 61.1 Å². The smallest absolute Gasteiger partial charge is 0.328 e. The number of ether oxygens (including phenoxy) is 3. The van der Waals surface area contributed by atoms with Crippen LogP contribution in [0.2, 0.25) is 0 Å². The number of hydrogen-bond acceptors (Lipinski definition) is 15. The molecule has 6 aromatic heterocycles. The van der Waals surface area contributed by atoms with Crippen LogP contribution in [0.25, 0.3) is 43.6 Å². The van der Waals surface area contributed by atoms with Gasteiger partial charge in [-0.25, -0.2) is 0 Å². The first-order valence-electron chi connectivity index (χ1n) is 36.9. The van der Waals surface area contributed by atoms with Gasteiger partial charge in [0.2, 0.25) is 5.52 Å². The number of anilines is 3. The summed E-state index contributed by atoms with van der Waals surface area (Å²) in [4.78, 5) is 39.1. The van der Waals surface area contributed by atoms with Crippen molar-refractivity contribution in [3.8, 4) is 17.2 Å². The highest BCUT2D eigenvalue weighted by molar-refractivity contribution is 6.06. The Labute approximate surface area is 614 Å². The zero-order valence-corrected chi connectivity index (χ0v) is 60.1. The number of carbonyl (C=O) groups is 3. The van der Waals surface area contributed by atoms with Gasteiger partial charge in [-0.2, -0.15) is 47.0 Å². The average molecular weight is 1470 g/mol. The van der Waals surface area contributed by atoms with Crippen molar-refractivity contribution >= 4 is 78.4 Å². The molecule has 16 rings (SSSR count). The molecule has 0 aliphatic heterocycles. The van der Waals surface area contributed by atoms with Crippen molar-refractivity contribution < 1.29 is 75.7 Å². The summed E-state index contributed by atoms with van der Waals surface area (Å²) in [6, 6.07) is 28.7. The zero-order chi connectivity index (χ0) is 75.3. The Hall–Kier alpha value is -10.2. The summed E-state index contributed by atoms with van der Waals surface area (Å²) in [7, 11) is 0. The Kier molecular flexibility index (Phi) is 20.6. The number of aliphatic hydroxyl groups is 3. The first kappa shape index (κ1) is 73.7. The standard InChI is InChI=1S/C28H30N4O4.C26H30F2N4O4.C25H28F2N4O4/c1-28(34)12-10-21(11-13-28)31-16-20-14-23(26(15-22(20)30-31)36-17-18-6-7-18)29-27(33)25-9-8-19-4-2-3-5-24(19)32(25)35;1-25(34)10-8-18(9-11-25)31-14-17-12-20(22(13-19(17)30-31)36-15-16-6-7-16)29-24(33)21-4-3-5-23(32(21)35)26(2,27)28;1-25(33)9-7-17(8-10-25)30-13-16-11-19(22(12-18(16)29-30)35-14-15-5-6-15)28-24(32)21-4-2-3-20(23(26)27)31(21)34/h2-5,8-9,14-16,18,21,34H,6-7,10-13,17H2,1H3,(H,29,33);3-5,12-14,16,18,34H,6-11,15H2,1-2H3,(H,29,33);2-4,11-13,15,17,23,33H,5-10,14H2,1H3,(H,28,32). The van der Waals surface area contributed by atoms with Gasteiger partial charge in [-0.3, -0.25) is 28.4 Å². The lowest BCUT2D eigenvalue weighted by Gasteiger charge is -2.33. The number of nitrogens with zero attached hydrogens (tertiary/aromatic N) is 9. The highest BCUT2D eigenvalue weighted by Crippen LogP contribution is 2.43. The number of amides is 3. The van der Waals surface area contributed by atoms with Gasteiger partial charge in [-0.1, -0.05) is 12.1 Å². The fraction of sp³-hybridized carbons (Fsp3) is 0.456. The number of pyridine rings is 3. The SMILES string of the molecule is CC1(O)CCC(n2cc3cc(NC(=O)c4ccc5ccccc5[n+]4[O-])c(OCC4CC4)cc3n2)CC1.CC1(O)CCC(n2cc3cc(NC(=O)c4cccc(C(C)(F)F)[n+]4[O-])c(OCC4CC4)cc3n2)CC1.CC1(O)CCC(n2cc3cc(NC(=O)c4cccc(C(F)F)[n+]4[O-])c(OCC4CC4)cc3n2)CC1.